The number of aromatic hydroxyl groups is 1. The third kappa shape index (κ3) is 3.27. The van der Waals surface area contributed by atoms with Gasteiger partial charge in [-0.05, 0) is 49.2 Å². The van der Waals surface area contributed by atoms with Gasteiger partial charge in [0.1, 0.15) is 22.8 Å². The quantitative estimate of drug-likeness (QED) is 0.574. The lowest BCUT2D eigenvalue weighted by Crippen LogP contribution is -1.92. The molecule has 0 aliphatic carbocycles. The molecule has 0 unspecified atom stereocenters. The van der Waals surface area contributed by atoms with Crippen LogP contribution >= 0.6 is 0 Å². The lowest BCUT2D eigenvalue weighted by atomic mass is 10.1. The number of fused-ring (bicyclic) bond motifs is 1. The number of rotatable bonds is 4. The van der Waals surface area contributed by atoms with Crippen LogP contribution < -0.4 is 9.47 Å². The second kappa shape index (κ2) is 6.60. The molecule has 0 aliphatic heterocycles. The van der Waals surface area contributed by atoms with E-state index in [1.54, 1.807) is 25.4 Å². The molecule has 0 bridgehead atoms. The van der Waals surface area contributed by atoms with E-state index in [-0.39, 0.29) is 11.8 Å². The van der Waals surface area contributed by atoms with Crippen molar-refractivity contribution in [2.75, 3.05) is 7.11 Å². The number of benzene rings is 2. The summed E-state index contributed by atoms with van der Waals surface area (Å²) in [6, 6.07) is 10.9. The van der Waals surface area contributed by atoms with Gasteiger partial charge in [-0.2, -0.15) is 4.98 Å². The molecule has 2 heterocycles. The fourth-order valence-electron chi connectivity index (χ4n) is 2.74. The summed E-state index contributed by atoms with van der Waals surface area (Å²) in [6.07, 6.45) is 1.55. The summed E-state index contributed by atoms with van der Waals surface area (Å²) >= 11 is 0. The number of nitrogens with zero attached hydrogens (tertiary/aromatic N) is 3. The predicted molar refractivity (Wildman–Crippen MR) is 99.2 cm³/mol. The van der Waals surface area contributed by atoms with E-state index in [1.165, 1.54) is 0 Å². The van der Waals surface area contributed by atoms with Crippen LogP contribution in [0.1, 0.15) is 11.1 Å². The molecule has 0 aliphatic rings. The molecule has 1 N–H and O–H groups in total. The van der Waals surface area contributed by atoms with Crippen LogP contribution in [-0.4, -0.2) is 27.2 Å². The molecular weight excluding hydrogens is 346 g/mol. The number of phenolic OH excluding ortho intramolecular Hbond substituents is 1. The molecule has 0 saturated carbocycles. The lowest BCUT2D eigenvalue weighted by Gasteiger charge is -2.05. The van der Waals surface area contributed by atoms with E-state index in [1.807, 2.05) is 38.1 Å². The topological polar surface area (TPSA) is 90.5 Å². The van der Waals surface area contributed by atoms with Crippen LogP contribution in [0.15, 0.2) is 47.0 Å². The summed E-state index contributed by atoms with van der Waals surface area (Å²) in [5, 5.41) is 9.93. The number of oxazole rings is 1. The number of hydrogen-bond acceptors (Lipinski definition) is 7. The van der Waals surface area contributed by atoms with Crippen LogP contribution in [0.2, 0.25) is 0 Å². The third-order valence-corrected chi connectivity index (χ3v) is 4.12. The normalized spacial score (nSPS) is 10.9. The Kier molecular flexibility index (Phi) is 4.12. The number of hydrogen-bond donors (Lipinski definition) is 1. The lowest BCUT2D eigenvalue weighted by molar-refractivity contribution is 0.404. The fraction of sp³-hybridized carbons (Fsp3) is 0.150. The van der Waals surface area contributed by atoms with Crippen LogP contribution in [0, 0.1) is 13.8 Å². The maximum atomic E-state index is 9.93. The van der Waals surface area contributed by atoms with E-state index in [0.29, 0.717) is 28.6 Å². The van der Waals surface area contributed by atoms with E-state index in [4.69, 9.17) is 13.9 Å². The molecule has 0 radical (unpaired) electrons. The Morgan fingerprint density at radius 1 is 1.00 bits per heavy atom. The van der Waals surface area contributed by atoms with Crippen molar-refractivity contribution in [3.05, 3.63) is 53.7 Å². The summed E-state index contributed by atoms with van der Waals surface area (Å²) in [4.78, 5) is 12.9. The highest BCUT2D eigenvalue weighted by Gasteiger charge is 2.14. The highest BCUT2D eigenvalue weighted by atomic mass is 16.5. The van der Waals surface area contributed by atoms with Gasteiger partial charge in [0.15, 0.2) is 0 Å². The van der Waals surface area contributed by atoms with Crippen molar-refractivity contribution < 1.29 is 19.0 Å². The molecule has 0 amide bonds. The first-order chi connectivity index (χ1) is 13.0. The van der Waals surface area contributed by atoms with Crippen molar-refractivity contribution in [3.63, 3.8) is 0 Å². The van der Waals surface area contributed by atoms with Gasteiger partial charge in [0.05, 0.1) is 13.3 Å². The van der Waals surface area contributed by atoms with Crippen molar-refractivity contribution in [2.45, 2.75) is 13.8 Å². The Morgan fingerprint density at radius 3 is 2.48 bits per heavy atom. The van der Waals surface area contributed by atoms with Crippen molar-refractivity contribution >= 4 is 11.2 Å². The first-order valence-corrected chi connectivity index (χ1v) is 8.29. The zero-order valence-corrected chi connectivity index (χ0v) is 15.1. The SMILES string of the molecule is COc1cccc(Oc2ncc3nc(-c4cc(C)c(O)c(C)c4)oc3n2)c1. The Morgan fingerprint density at radius 2 is 1.74 bits per heavy atom. The standard InChI is InChI=1S/C20H17N3O4/c1-11-7-13(8-12(2)17(11)24)18-22-16-10-21-20(23-19(16)27-18)26-15-6-4-5-14(9-15)25-3/h4-10,24H,1-3H3. The summed E-state index contributed by atoms with van der Waals surface area (Å²) in [5.74, 6) is 1.90. The fourth-order valence-corrected chi connectivity index (χ4v) is 2.74. The number of ether oxygens (including phenoxy) is 2. The molecule has 136 valence electrons. The summed E-state index contributed by atoms with van der Waals surface area (Å²) < 4.78 is 16.6. The van der Waals surface area contributed by atoms with Crippen molar-refractivity contribution in [1.82, 2.24) is 15.0 Å². The Hall–Kier alpha value is -3.61. The van der Waals surface area contributed by atoms with Crippen LogP contribution in [0.3, 0.4) is 0 Å². The van der Waals surface area contributed by atoms with Gasteiger partial charge in [0.25, 0.3) is 5.71 Å². The number of methoxy groups -OCH3 is 1. The Balaban J connectivity index is 1.67. The van der Waals surface area contributed by atoms with Crippen LogP contribution in [-0.2, 0) is 0 Å². The first-order valence-electron chi connectivity index (χ1n) is 8.29. The van der Waals surface area contributed by atoms with Gasteiger partial charge in [-0.25, -0.2) is 9.97 Å². The van der Waals surface area contributed by atoms with E-state index < -0.39 is 0 Å². The summed E-state index contributed by atoms with van der Waals surface area (Å²) in [6.45, 7) is 3.66. The minimum atomic E-state index is 0.150. The van der Waals surface area contributed by atoms with Gasteiger partial charge >= 0.3 is 6.01 Å². The molecule has 0 saturated heterocycles. The largest absolute Gasteiger partial charge is 0.507 e. The zero-order chi connectivity index (χ0) is 19.0. The molecule has 7 nitrogen and oxygen atoms in total. The van der Waals surface area contributed by atoms with Crippen molar-refractivity contribution in [1.29, 1.82) is 0 Å². The van der Waals surface area contributed by atoms with E-state index >= 15 is 0 Å². The van der Waals surface area contributed by atoms with E-state index in [0.717, 1.165) is 16.7 Å². The number of aromatic nitrogens is 3. The smallest absolute Gasteiger partial charge is 0.325 e. The average Bonchev–Trinajstić information content (AvgIpc) is 3.09. The second-order valence-electron chi connectivity index (χ2n) is 6.10. The Bertz CT molecular complexity index is 1110. The highest BCUT2D eigenvalue weighted by molar-refractivity contribution is 5.72. The Labute approximate surface area is 155 Å². The van der Waals surface area contributed by atoms with Gasteiger partial charge in [-0.15, -0.1) is 0 Å². The molecule has 0 atom stereocenters. The van der Waals surface area contributed by atoms with Gasteiger partial charge in [-0.3, -0.25) is 0 Å². The molecule has 7 heteroatoms. The predicted octanol–water partition coefficient (Wildman–Crippen LogP) is 4.41. The van der Waals surface area contributed by atoms with Gasteiger partial charge in [0, 0.05) is 11.6 Å². The molecule has 2 aromatic carbocycles. The zero-order valence-electron chi connectivity index (χ0n) is 15.1. The molecular formula is C20H17N3O4. The van der Waals surface area contributed by atoms with Gasteiger partial charge < -0.3 is 19.0 Å². The number of phenols is 1. The van der Waals surface area contributed by atoms with Crippen LogP contribution in [0.5, 0.6) is 23.3 Å². The van der Waals surface area contributed by atoms with Gasteiger partial charge in [0.2, 0.25) is 5.89 Å². The first kappa shape index (κ1) is 16.8. The number of aryl methyl sites for hydroxylation is 2. The third-order valence-electron chi connectivity index (χ3n) is 4.12. The average molecular weight is 363 g/mol. The highest BCUT2D eigenvalue weighted by Crippen LogP contribution is 2.31. The molecule has 0 fully saturated rings. The van der Waals surface area contributed by atoms with Crippen molar-refractivity contribution in [2.24, 2.45) is 0 Å². The van der Waals surface area contributed by atoms with Crippen LogP contribution in [0.25, 0.3) is 22.7 Å². The molecule has 4 rings (SSSR count). The van der Waals surface area contributed by atoms with E-state index in [2.05, 4.69) is 15.0 Å². The molecule has 0 spiro atoms. The monoisotopic (exact) mass is 363 g/mol. The molecule has 4 aromatic rings. The van der Waals surface area contributed by atoms with Crippen LogP contribution in [0.4, 0.5) is 0 Å². The van der Waals surface area contributed by atoms with Crippen molar-refractivity contribution in [3.8, 4) is 34.7 Å². The molecule has 27 heavy (non-hydrogen) atoms. The maximum absolute atomic E-state index is 9.93. The summed E-state index contributed by atoms with van der Waals surface area (Å²) in [5.41, 5.74) is 3.10. The molecule has 2 aromatic heterocycles. The second-order valence-corrected chi connectivity index (χ2v) is 6.10. The minimum absolute atomic E-state index is 0.150. The van der Waals surface area contributed by atoms with E-state index in [9.17, 15) is 5.11 Å². The summed E-state index contributed by atoms with van der Waals surface area (Å²) in [7, 11) is 1.59. The van der Waals surface area contributed by atoms with Gasteiger partial charge in [-0.1, -0.05) is 6.07 Å². The maximum Gasteiger partial charge on any atom is 0.325 e. The minimum Gasteiger partial charge on any atom is -0.507 e.